The molecule has 0 amide bonds. The topological polar surface area (TPSA) is 39.9 Å². The maximum atomic E-state index is 8.94. The maximum Gasteiger partial charge on any atom is 0.0722 e. The van der Waals surface area contributed by atoms with E-state index in [1.54, 1.807) is 0 Å². The average molecular weight is 237 g/mol. The predicted molar refractivity (Wildman–Crippen MR) is 72.3 cm³/mol. The van der Waals surface area contributed by atoms with Crippen LogP contribution in [-0.4, -0.2) is 18.1 Å². The van der Waals surface area contributed by atoms with E-state index in [0.717, 1.165) is 31.4 Å². The lowest BCUT2D eigenvalue weighted by molar-refractivity contribution is 0.488. The molecule has 1 fully saturated rings. The van der Waals surface area contributed by atoms with Gasteiger partial charge in [-0.3, -0.25) is 4.98 Å². The zero-order chi connectivity index (χ0) is 12.4. The van der Waals surface area contributed by atoms with Gasteiger partial charge in [0, 0.05) is 36.3 Å². The van der Waals surface area contributed by atoms with E-state index in [-0.39, 0.29) is 5.92 Å². The van der Waals surface area contributed by atoms with Gasteiger partial charge in [0.05, 0.1) is 11.6 Å². The van der Waals surface area contributed by atoms with Crippen LogP contribution in [0.25, 0.3) is 10.9 Å². The summed E-state index contributed by atoms with van der Waals surface area (Å²) in [5, 5.41) is 10.1. The van der Waals surface area contributed by atoms with E-state index in [1.807, 2.05) is 18.3 Å². The fourth-order valence-electron chi connectivity index (χ4n) is 2.61. The lowest BCUT2D eigenvalue weighted by atomic mass is 9.98. The summed E-state index contributed by atoms with van der Waals surface area (Å²) in [4.78, 5) is 6.76. The predicted octanol–water partition coefficient (Wildman–Crippen LogP) is 2.97. The molecule has 1 aromatic carbocycles. The summed E-state index contributed by atoms with van der Waals surface area (Å²) in [5.74, 6) is 0.231. The van der Waals surface area contributed by atoms with Gasteiger partial charge in [-0.05, 0) is 25.0 Å². The van der Waals surface area contributed by atoms with Gasteiger partial charge in [-0.15, -0.1) is 0 Å². The van der Waals surface area contributed by atoms with Gasteiger partial charge in [-0.1, -0.05) is 18.2 Å². The van der Waals surface area contributed by atoms with Crippen LogP contribution < -0.4 is 4.90 Å². The van der Waals surface area contributed by atoms with E-state index < -0.39 is 0 Å². The van der Waals surface area contributed by atoms with E-state index in [1.165, 1.54) is 11.1 Å². The number of nitrogens with zero attached hydrogens (tertiary/aromatic N) is 3. The lowest BCUT2D eigenvalue weighted by Crippen LogP contribution is -2.33. The quantitative estimate of drug-likeness (QED) is 0.765. The van der Waals surface area contributed by atoms with Crippen molar-refractivity contribution in [3.05, 3.63) is 36.5 Å². The van der Waals surface area contributed by atoms with Crippen LogP contribution in [0.15, 0.2) is 36.5 Å². The molecular formula is C15H15N3. The Morgan fingerprint density at radius 3 is 2.72 bits per heavy atom. The molecule has 0 unspecified atom stereocenters. The summed E-state index contributed by atoms with van der Waals surface area (Å²) in [6.45, 7) is 1.93. The molecule has 2 heterocycles. The third-order valence-corrected chi connectivity index (χ3v) is 3.64. The molecule has 0 radical (unpaired) electrons. The number of hydrogen-bond acceptors (Lipinski definition) is 3. The Hall–Kier alpha value is -2.08. The minimum absolute atomic E-state index is 0.231. The highest BCUT2D eigenvalue weighted by Gasteiger charge is 2.20. The molecule has 2 aromatic rings. The number of benzene rings is 1. The number of anilines is 1. The van der Waals surface area contributed by atoms with Gasteiger partial charge in [0.25, 0.3) is 0 Å². The first-order valence-electron chi connectivity index (χ1n) is 6.37. The van der Waals surface area contributed by atoms with E-state index in [2.05, 4.69) is 34.2 Å². The van der Waals surface area contributed by atoms with Crippen molar-refractivity contribution in [1.29, 1.82) is 5.26 Å². The fourth-order valence-corrected chi connectivity index (χ4v) is 2.61. The second-order valence-corrected chi connectivity index (χ2v) is 4.74. The Kier molecular flexibility index (Phi) is 2.85. The normalized spacial score (nSPS) is 16.7. The molecule has 0 saturated carbocycles. The fraction of sp³-hybridized carbons (Fsp3) is 0.333. The Bertz CT molecular complexity index is 587. The van der Waals surface area contributed by atoms with Gasteiger partial charge < -0.3 is 4.90 Å². The monoisotopic (exact) mass is 237 g/mol. The van der Waals surface area contributed by atoms with Crippen LogP contribution >= 0.6 is 0 Å². The van der Waals surface area contributed by atoms with Crippen molar-refractivity contribution in [2.75, 3.05) is 18.0 Å². The minimum Gasteiger partial charge on any atom is -0.371 e. The van der Waals surface area contributed by atoms with Crippen molar-refractivity contribution < 1.29 is 0 Å². The number of hydrogen-bond donors (Lipinski definition) is 0. The second-order valence-electron chi connectivity index (χ2n) is 4.74. The number of pyridine rings is 1. The van der Waals surface area contributed by atoms with Crippen LogP contribution in [0.4, 0.5) is 5.69 Å². The van der Waals surface area contributed by atoms with E-state index in [9.17, 15) is 0 Å². The molecule has 0 spiro atoms. The number of aromatic nitrogens is 1. The summed E-state index contributed by atoms with van der Waals surface area (Å²) >= 11 is 0. The van der Waals surface area contributed by atoms with Crippen LogP contribution in [0.1, 0.15) is 12.8 Å². The molecule has 0 atom stereocenters. The van der Waals surface area contributed by atoms with Crippen molar-refractivity contribution in [3.63, 3.8) is 0 Å². The van der Waals surface area contributed by atoms with Gasteiger partial charge in [0.15, 0.2) is 0 Å². The van der Waals surface area contributed by atoms with Crippen LogP contribution in [0.2, 0.25) is 0 Å². The molecule has 1 aliphatic heterocycles. The molecule has 1 aromatic heterocycles. The first-order chi connectivity index (χ1) is 8.88. The molecule has 1 saturated heterocycles. The first-order valence-corrected chi connectivity index (χ1v) is 6.37. The van der Waals surface area contributed by atoms with Gasteiger partial charge in [-0.25, -0.2) is 0 Å². The highest BCUT2D eigenvalue weighted by atomic mass is 15.1. The average Bonchev–Trinajstić information content (AvgIpc) is 2.47. The zero-order valence-electron chi connectivity index (χ0n) is 10.2. The molecule has 0 bridgehead atoms. The Balaban J connectivity index is 1.94. The minimum atomic E-state index is 0.231. The summed E-state index contributed by atoms with van der Waals surface area (Å²) < 4.78 is 0. The summed E-state index contributed by atoms with van der Waals surface area (Å²) in [5.41, 5.74) is 2.29. The Labute approximate surface area is 107 Å². The molecule has 90 valence electrons. The third-order valence-electron chi connectivity index (χ3n) is 3.64. The van der Waals surface area contributed by atoms with Crippen LogP contribution in [0.3, 0.4) is 0 Å². The molecule has 0 aliphatic carbocycles. The van der Waals surface area contributed by atoms with Gasteiger partial charge in [0.1, 0.15) is 0 Å². The zero-order valence-corrected chi connectivity index (χ0v) is 10.2. The molecule has 3 heteroatoms. The van der Waals surface area contributed by atoms with E-state index >= 15 is 0 Å². The number of rotatable bonds is 1. The van der Waals surface area contributed by atoms with Crippen molar-refractivity contribution in [3.8, 4) is 6.07 Å². The molecule has 3 rings (SSSR count). The Morgan fingerprint density at radius 2 is 1.94 bits per heavy atom. The highest BCUT2D eigenvalue weighted by Crippen LogP contribution is 2.28. The largest absolute Gasteiger partial charge is 0.371 e. The number of fused-ring (bicyclic) bond motifs is 1. The molecule has 18 heavy (non-hydrogen) atoms. The number of piperidine rings is 1. The van der Waals surface area contributed by atoms with Crippen molar-refractivity contribution in [2.24, 2.45) is 5.92 Å². The third kappa shape index (κ3) is 1.91. The van der Waals surface area contributed by atoms with Crippen LogP contribution in [0.5, 0.6) is 0 Å². The SMILES string of the molecule is N#CC1CCN(c2ccnc3ccccc23)CC1. The van der Waals surface area contributed by atoms with E-state index in [0.29, 0.717) is 0 Å². The summed E-state index contributed by atoms with van der Waals surface area (Å²) in [6, 6.07) is 12.7. The smallest absolute Gasteiger partial charge is 0.0722 e. The van der Waals surface area contributed by atoms with Gasteiger partial charge >= 0.3 is 0 Å². The molecule has 1 aliphatic rings. The van der Waals surface area contributed by atoms with Gasteiger partial charge in [0.2, 0.25) is 0 Å². The van der Waals surface area contributed by atoms with Crippen molar-refractivity contribution >= 4 is 16.6 Å². The number of para-hydroxylation sites is 1. The van der Waals surface area contributed by atoms with Crippen LogP contribution in [0, 0.1) is 17.2 Å². The van der Waals surface area contributed by atoms with Crippen molar-refractivity contribution in [2.45, 2.75) is 12.8 Å². The van der Waals surface area contributed by atoms with Gasteiger partial charge in [-0.2, -0.15) is 5.26 Å². The molecule has 3 nitrogen and oxygen atoms in total. The second kappa shape index (κ2) is 4.66. The lowest BCUT2D eigenvalue weighted by Gasteiger charge is -2.31. The van der Waals surface area contributed by atoms with Crippen molar-refractivity contribution in [1.82, 2.24) is 4.98 Å². The molecular weight excluding hydrogens is 222 g/mol. The molecule has 0 N–H and O–H groups in total. The number of nitriles is 1. The van der Waals surface area contributed by atoms with E-state index in [4.69, 9.17) is 5.26 Å². The highest BCUT2D eigenvalue weighted by molar-refractivity contribution is 5.91. The summed E-state index contributed by atoms with van der Waals surface area (Å²) in [6.07, 6.45) is 3.80. The van der Waals surface area contributed by atoms with Crippen LogP contribution in [-0.2, 0) is 0 Å². The Morgan fingerprint density at radius 1 is 1.17 bits per heavy atom. The maximum absolute atomic E-state index is 8.94. The first kappa shape index (κ1) is 11.0. The standard InChI is InChI=1S/C15H15N3/c16-11-12-6-9-18(10-7-12)15-5-8-17-14-4-2-1-3-13(14)15/h1-5,8,12H,6-7,9-10H2. The summed E-state index contributed by atoms with van der Waals surface area (Å²) in [7, 11) is 0.